The van der Waals surface area contributed by atoms with Gasteiger partial charge in [-0.25, -0.2) is 15.8 Å². The molecule has 0 saturated carbocycles. The van der Waals surface area contributed by atoms with E-state index < -0.39 is 0 Å². The molecular weight excluding hydrogens is 378 g/mol. The smallest absolute Gasteiger partial charge is 0.243 e. The predicted molar refractivity (Wildman–Crippen MR) is 112 cm³/mol. The molecule has 0 aliphatic rings. The minimum Gasteiger partial charge on any atom is -0.378 e. The molecule has 0 saturated heterocycles. The van der Waals surface area contributed by atoms with Crippen molar-refractivity contribution >= 4 is 56.9 Å². The fourth-order valence-corrected chi connectivity index (χ4v) is 2.98. The summed E-state index contributed by atoms with van der Waals surface area (Å²) >= 11 is 5.91. The SMILES string of the molecule is Cc1cc2nc3ccc(N(C)C)cc3nc2cc1Nc1nc(Cl)nc(NN)n1. The van der Waals surface area contributed by atoms with Gasteiger partial charge in [0.2, 0.25) is 17.2 Å². The fraction of sp³-hybridized carbons (Fsp3) is 0.167. The number of hydrogen-bond acceptors (Lipinski definition) is 9. The van der Waals surface area contributed by atoms with Gasteiger partial charge < -0.3 is 10.2 Å². The van der Waals surface area contributed by atoms with Gasteiger partial charge in [0.15, 0.2) is 0 Å². The number of benzene rings is 2. The summed E-state index contributed by atoms with van der Waals surface area (Å²) in [6.07, 6.45) is 0. The quantitative estimate of drug-likeness (QED) is 0.272. The van der Waals surface area contributed by atoms with Crippen molar-refractivity contribution in [2.24, 2.45) is 5.84 Å². The van der Waals surface area contributed by atoms with Crippen molar-refractivity contribution in [3.63, 3.8) is 0 Å². The van der Waals surface area contributed by atoms with E-state index in [0.717, 1.165) is 39.0 Å². The Morgan fingerprint density at radius 2 is 1.54 bits per heavy atom. The normalized spacial score (nSPS) is 11.0. The summed E-state index contributed by atoms with van der Waals surface area (Å²) in [6, 6.07) is 9.90. The third kappa shape index (κ3) is 3.45. The lowest BCUT2D eigenvalue weighted by atomic mass is 10.1. The van der Waals surface area contributed by atoms with Crippen molar-refractivity contribution in [3.8, 4) is 0 Å². The number of anilines is 4. The molecule has 0 aliphatic carbocycles. The van der Waals surface area contributed by atoms with Crippen molar-refractivity contribution in [2.45, 2.75) is 6.92 Å². The summed E-state index contributed by atoms with van der Waals surface area (Å²) < 4.78 is 0. The maximum atomic E-state index is 5.91. The Kier molecular flexibility index (Phi) is 4.54. The second-order valence-corrected chi connectivity index (χ2v) is 6.81. The summed E-state index contributed by atoms with van der Waals surface area (Å²) in [5.74, 6) is 5.81. The summed E-state index contributed by atoms with van der Waals surface area (Å²) in [6.45, 7) is 1.97. The molecule has 0 bridgehead atoms. The van der Waals surface area contributed by atoms with Crippen LogP contribution in [0.15, 0.2) is 30.3 Å². The number of aromatic nitrogens is 5. The van der Waals surface area contributed by atoms with Gasteiger partial charge in [0.25, 0.3) is 0 Å². The van der Waals surface area contributed by atoms with E-state index in [2.05, 4.69) is 25.7 Å². The molecule has 142 valence electrons. The summed E-state index contributed by atoms with van der Waals surface area (Å²) in [4.78, 5) is 23.6. The molecule has 2 aromatic heterocycles. The maximum absolute atomic E-state index is 5.91. The lowest BCUT2D eigenvalue weighted by molar-refractivity contribution is 1.04. The molecule has 0 fully saturated rings. The van der Waals surface area contributed by atoms with Crippen LogP contribution in [0.4, 0.5) is 23.3 Å². The second-order valence-electron chi connectivity index (χ2n) is 6.47. The number of nitrogens with one attached hydrogen (secondary N) is 2. The first-order valence-electron chi connectivity index (χ1n) is 8.47. The first-order chi connectivity index (χ1) is 13.4. The van der Waals surface area contributed by atoms with Crippen molar-refractivity contribution < 1.29 is 0 Å². The highest BCUT2D eigenvalue weighted by molar-refractivity contribution is 6.28. The Hall–Kier alpha value is -3.30. The molecule has 4 rings (SSSR count). The van der Waals surface area contributed by atoms with E-state index in [9.17, 15) is 0 Å². The average Bonchev–Trinajstić information content (AvgIpc) is 2.66. The monoisotopic (exact) mass is 395 g/mol. The van der Waals surface area contributed by atoms with Crippen LogP contribution in [-0.4, -0.2) is 39.0 Å². The van der Waals surface area contributed by atoms with Crippen LogP contribution in [0.5, 0.6) is 0 Å². The van der Waals surface area contributed by atoms with Gasteiger partial charge in [0.1, 0.15) is 0 Å². The standard InChI is InChI=1S/C18H18ClN9/c1-9-6-13-15(22-14-7-10(28(2)3)4-5-11(14)21-13)8-12(9)23-17-24-16(19)25-18(26-17)27-20/h4-8H,20H2,1-3H3,(H2,23,24,25,26,27). The number of nitrogens with two attached hydrogens (primary N) is 1. The van der Waals surface area contributed by atoms with E-state index in [4.69, 9.17) is 27.4 Å². The zero-order chi connectivity index (χ0) is 19.8. The lowest BCUT2D eigenvalue weighted by Crippen LogP contribution is -2.12. The van der Waals surface area contributed by atoms with Crippen LogP contribution in [0, 0.1) is 6.92 Å². The predicted octanol–water partition coefficient (Wildman–Crippen LogP) is 3.03. The summed E-state index contributed by atoms with van der Waals surface area (Å²) in [7, 11) is 3.98. The van der Waals surface area contributed by atoms with Gasteiger partial charge in [0.05, 0.1) is 22.1 Å². The Morgan fingerprint density at radius 1 is 0.857 bits per heavy atom. The molecule has 9 nitrogen and oxygen atoms in total. The third-order valence-electron chi connectivity index (χ3n) is 4.26. The first-order valence-corrected chi connectivity index (χ1v) is 8.85. The number of hydrogen-bond donors (Lipinski definition) is 3. The van der Waals surface area contributed by atoms with Crippen molar-refractivity contribution in [2.75, 3.05) is 29.7 Å². The molecule has 0 radical (unpaired) electrons. The van der Waals surface area contributed by atoms with Crippen molar-refractivity contribution in [3.05, 3.63) is 41.2 Å². The number of nitrogens with zero attached hydrogens (tertiary/aromatic N) is 6. The Balaban J connectivity index is 1.79. The van der Waals surface area contributed by atoms with Gasteiger partial charge in [-0.3, -0.25) is 5.43 Å². The van der Waals surface area contributed by atoms with Gasteiger partial charge in [-0.15, -0.1) is 0 Å². The maximum Gasteiger partial charge on any atom is 0.243 e. The summed E-state index contributed by atoms with van der Waals surface area (Å²) in [5, 5.41) is 3.17. The number of rotatable bonds is 4. The number of aryl methyl sites for hydroxylation is 1. The van der Waals surface area contributed by atoms with E-state index in [-0.39, 0.29) is 17.2 Å². The van der Waals surface area contributed by atoms with E-state index in [1.165, 1.54) is 0 Å². The topological polar surface area (TPSA) is 118 Å². The lowest BCUT2D eigenvalue weighted by Gasteiger charge is -2.13. The molecule has 0 amide bonds. The number of nitrogen functional groups attached to an aromatic ring is 1. The van der Waals surface area contributed by atoms with Crippen molar-refractivity contribution in [1.82, 2.24) is 24.9 Å². The van der Waals surface area contributed by atoms with Gasteiger partial charge in [0, 0.05) is 25.5 Å². The van der Waals surface area contributed by atoms with E-state index in [0.29, 0.717) is 0 Å². The number of hydrazine groups is 1. The molecule has 4 N–H and O–H groups in total. The van der Waals surface area contributed by atoms with Gasteiger partial charge in [-0.1, -0.05) is 0 Å². The molecule has 0 atom stereocenters. The second kappa shape index (κ2) is 7.02. The highest BCUT2D eigenvalue weighted by atomic mass is 35.5. The van der Waals surface area contributed by atoms with Crippen LogP contribution in [0.25, 0.3) is 22.1 Å². The van der Waals surface area contributed by atoms with Gasteiger partial charge in [-0.2, -0.15) is 15.0 Å². The largest absolute Gasteiger partial charge is 0.378 e. The zero-order valence-corrected chi connectivity index (χ0v) is 16.3. The minimum absolute atomic E-state index is 0.0332. The van der Waals surface area contributed by atoms with Crippen LogP contribution < -0.4 is 21.5 Å². The van der Waals surface area contributed by atoms with E-state index >= 15 is 0 Å². The number of halogens is 1. The van der Waals surface area contributed by atoms with Crippen LogP contribution in [0.2, 0.25) is 5.28 Å². The fourth-order valence-electron chi connectivity index (χ4n) is 2.82. The molecular formula is C18H18ClN9. The van der Waals surface area contributed by atoms with Crippen LogP contribution in [0.1, 0.15) is 5.56 Å². The summed E-state index contributed by atoms with van der Waals surface area (Å²) in [5.41, 5.74) is 8.42. The van der Waals surface area contributed by atoms with Crippen LogP contribution in [0.3, 0.4) is 0 Å². The Bertz CT molecular complexity index is 1190. The molecule has 10 heteroatoms. The molecule has 2 heterocycles. The average molecular weight is 396 g/mol. The highest BCUT2D eigenvalue weighted by Crippen LogP contribution is 2.27. The van der Waals surface area contributed by atoms with Gasteiger partial charge in [-0.05, 0) is 54.4 Å². The third-order valence-corrected chi connectivity index (χ3v) is 4.43. The van der Waals surface area contributed by atoms with Crippen molar-refractivity contribution in [1.29, 1.82) is 0 Å². The Labute approximate surface area is 166 Å². The van der Waals surface area contributed by atoms with E-state index in [1.807, 2.05) is 56.3 Å². The van der Waals surface area contributed by atoms with Crippen LogP contribution >= 0.6 is 11.6 Å². The first kappa shape index (κ1) is 18.1. The minimum atomic E-state index is 0.0332. The molecule has 0 aliphatic heterocycles. The van der Waals surface area contributed by atoms with Crippen LogP contribution in [-0.2, 0) is 0 Å². The molecule has 0 spiro atoms. The number of fused-ring (bicyclic) bond motifs is 2. The Morgan fingerprint density at radius 3 is 2.29 bits per heavy atom. The molecule has 0 unspecified atom stereocenters. The molecule has 2 aromatic carbocycles. The highest BCUT2D eigenvalue weighted by Gasteiger charge is 2.10. The zero-order valence-electron chi connectivity index (χ0n) is 15.5. The molecule has 28 heavy (non-hydrogen) atoms. The van der Waals surface area contributed by atoms with E-state index in [1.54, 1.807) is 0 Å². The molecule has 4 aromatic rings. The van der Waals surface area contributed by atoms with Gasteiger partial charge >= 0.3 is 0 Å².